The van der Waals surface area contributed by atoms with Crippen LogP contribution in [0.4, 0.5) is 0 Å². The van der Waals surface area contributed by atoms with Crippen molar-refractivity contribution in [3.63, 3.8) is 0 Å². The van der Waals surface area contributed by atoms with Crippen LogP contribution in [0.3, 0.4) is 0 Å². The second-order valence-electron chi connectivity index (χ2n) is 3.43. The van der Waals surface area contributed by atoms with Crippen molar-refractivity contribution in [3.8, 4) is 0 Å². The highest BCUT2D eigenvalue weighted by molar-refractivity contribution is 7.86. The number of nitrogens with zero attached hydrogens (tertiary/aromatic N) is 2. The van der Waals surface area contributed by atoms with E-state index in [2.05, 4.69) is 0 Å². The predicted octanol–water partition coefficient (Wildman–Crippen LogP) is -0.784. The molecule has 0 amide bonds. The van der Waals surface area contributed by atoms with Gasteiger partial charge in [0.05, 0.1) is 0 Å². The fourth-order valence-electron chi connectivity index (χ4n) is 1.56. The van der Waals surface area contributed by atoms with Crippen molar-refractivity contribution in [1.82, 2.24) is 8.61 Å². The van der Waals surface area contributed by atoms with Crippen LogP contribution in [-0.4, -0.2) is 50.3 Å². The van der Waals surface area contributed by atoms with Gasteiger partial charge in [0.1, 0.15) is 0 Å². The lowest BCUT2D eigenvalue weighted by atomic mass is 10.2. The normalized spacial score (nSPS) is 25.7. The molecular weight excluding hydrogens is 190 g/mol. The number of rotatable bonds is 3. The lowest BCUT2D eigenvalue weighted by Crippen LogP contribution is -2.45. The Bertz CT molecular complexity index is 263. The van der Waals surface area contributed by atoms with Gasteiger partial charge in [0.25, 0.3) is 10.2 Å². The Hall–Kier alpha value is -0.170. The first kappa shape index (κ1) is 10.9. The molecule has 0 radical (unpaired) electrons. The highest BCUT2D eigenvalue weighted by atomic mass is 32.2. The molecule has 5 nitrogen and oxygen atoms in total. The van der Waals surface area contributed by atoms with Gasteiger partial charge in [0.2, 0.25) is 0 Å². The molecule has 0 aromatic carbocycles. The van der Waals surface area contributed by atoms with E-state index in [9.17, 15) is 8.42 Å². The molecule has 6 heteroatoms. The molecule has 1 fully saturated rings. The minimum Gasteiger partial charge on any atom is -0.329 e. The summed E-state index contributed by atoms with van der Waals surface area (Å²) in [5, 5.41) is 0. The Morgan fingerprint density at radius 3 is 2.62 bits per heavy atom. The maximum Gasteiger partial charge on any atom is 0.281 e. The molecule has 1 unspecified atom stereocenters. The Morgan fingerprint density at radius 2 is 2.15 bits per heavy atom. The molecule has 1 aliphatic heterocycles. The summed E-state index contributed by atoms with van der Waals surface area (Å²) in [6.45, 7) is 1.01. The summed E-state index contributed by atoms with van der Waals surface area (Å²) >= 11 is 0. The summed E-state index contributed by atoms with van der Waals surface area (Å²) in [7, 11) is -0.165. The third kappa shape index (κ3) is 2.01. The van der Waals surface area contributed by atoms with E-state index < -0.39 is 10.2 Å². The average molecular weight is 207 g/mol. The van der Waals surface area contributed by atoms with Gasteiger partial charge in [-0.05, 0) is 12.8 Å². The Kier molecular flexibility index (Phi) is 3.28. The molecule has 1 rings (SSSR count). The summed E-state index contributed by atoms with van der Waals surface area (Å²) < 4.78 is 26.1. The van der Waals surface area contributed by atoms with Gasteiger partial charge in [0, 0.05) is 33.2 Å². The van der Waals surface area contributed by atoms with Gasteiger partial charge in [-0.2, -0.15) is 17.0 Å². The first-order valence-corrected chi connectivity index (χ1v) is 5.79. The first-order chi connectivity index (χ1) is 6.00. The maximum absolute atomic E-state index is 11.7. The Morgan fingerprint density at radius 1 is 1.54 bits per heavy atom. The highest BCUT2D eigenvalue weighted by Gasteiger charge is 2.34. The SMILES string of the molecule is CN(C)S(=O)(=O)N1CCCC1CN. The van der Waals surface area contributed by atoms with Gasteiger partial charge in [-0.3, -0.25) is 0 Å². The molecule has 2 N–H and O–H groups in total. The average Bonchev–Trinajstić information content (AvgIpc) is 2.51. The van der Waals surface area contributed by atoms with Crippen LogP contribution in [0, 0.1) is 0 Å². The van der Waals surface area contributed by atoms with E-state index in [4.69, 9.17) is 5.73 Å². The topological polar surface area (TPSA) is 66.6 Å². The van der Waals surface area contributed by atoms with Crippen LogP contribution in [0.15, 0.2) is 0 Å². The second kappa shape index (κ2) is 3.91. The van der Waals surface area contributed by atoms with Crippen LogP contribution in [0.2, 0.25) is 0 Å². The summed E-state index contributed by atoms with van der Waals surface area (Å²) in [4.78, 5) is 0. The molecule has 78 valence electrons. The zero-order valence-corrected chi connectivity index (χ0v) is 8.92. The van der Waals surface area contributed by atoms with Crippen molar-refractivity contribution in [2.24, 2.45) is 5.73 Å². The van der Waals surface area contributed by atoms with Crippen molar-refractivity contribution in [1.29, 1.82) is 0 Å². The lowest BCUT2D eigenvalue weighted by molar-refractivity contribution is 0.361. The standard InChI is InChI=1S/C7H17N3O2S/c1-9(2)13(11,12)10-5-3-4-7(10)6-8/h7H,3-6,8H2,1-2H3. The molecule has 0 aromatic rings. The van der Waals surface area contributed by atoms with E-state index in [-0.39, 0.29) is 6.04 Å². The van der Waals surface area contributed by atoms with Gasteiger partial charge < -0.3 is 5.73 Å². The Balaban J connectivity index is 2.82. The monoisotopic (exact) mass is 207 g/mol. The van der Waals surface area contributed by atoms with Gasteiger partial charge in [0.15, 0.2) is 0 Å². The van der Waals surface area contributed by atoms with Crippen molar-refractivity contribution < 1.29 is 8.42 Å². The highest BCUT2D eigenvalue weighted by Crippen LogP contribution is 2.20. The zero-order valence-electron chi connectivity index (χ0n) is 8.10. The fraction of sp³-hybridized carbons (Fsp3) is 1.00. The molecule has 1 heterocycles. The van der Waals surface area contributed by atoms with E-state index >= 15 is 0 Å². The molecule has 1 aliphatic rings. The van der Waals surface area contributed by atoms with Gasteiger partial charge in [-0.15, -0.1) is 0 Å². The van der Waals surface area contributed by atoms with Crippen LogP contribution < -0.4 is 5.73 Å². The van der Waals surface area contributed by atoms with Crippen LogP contribution in [0.1, 0.15) is 12.8 Å². The molecule has 0 spiro atoms. The van der Waals surface area contributed by atoms with E-state index in [1.807, 2.05) is 0 Å². The van der Waals surface area contributed by atoms with Crippen LogP contribution in [-0.2, 0) is 10.2 Å². The van der Waals surface area contributed by atoms with Crippen LogP contribution in [0.25, 0.3) is 0 Å². The number of hydrogen-bond donors (Lipinski definition) is 1. The molecule has 0 aliphatic carbocycles. The van der Waals surface area contributed by atoms with Crippen molar-refractivity contribution in [2.45, 2.75) is 18.9 Å². The summed E-state index contributed by atoms with van der Waals surface area (Å²) in [6.07, 6.45) is 1.79. The third-order valence-corrected chi connectivity index (χ3v) is 4.35. The minimum absolute atomic E-state index is 0.00704. The van der Waals surface area contributed by atoms with Gasteiger partial charge in [-0.25, -0.2) is 0 Å². The fourth-order valence-corrected chi connectivity index (χ4v) is 2.91. The van der Waals surface area contributed by atoms with Gasteiger partial charge >= 0.3 is 0 Å². The second-order valence-corrected chi connectivity index (χ2v) is 5.53. The molecule has 0 aromatic heterocycles. The smallest absolute Gasteiger partial charge is 0.281 e. The quantitative estimate of drug-likeness (QED) is 0.660. The molecule has 0 saturated carbocycles. The van der Waals surface area contributed by atoms with E-state index in [0.29, 0.717) is 13.1 Å². The summed E-state index contributed by atoms with van der Waals surface area (Å²) in [6, 6.07) is -0.00704. The largest absolute Gasteiger partial charge is 0.329 e. The first-order valence-electron chi connectivity index (χ1n) is 4.39. The van der Waals surface area contributed by atoms with Crippen molar-refractivity contribution >= 4 is 10.2 Å². The lowest BCUT2D eigenvalue weighted by Gasteiger charge is -2.25. The van der Waals surface area contributed by atoms with Crippen LogP contribution in [0.5, 0.6) is 0 Å². The summed E-state index contributed by atoms with van der Waals surface area (Å²) in [5.41, 5.74) is 5.50. The molecule has 0 bridgehead atoms. The zero-order chi connectivity index (χ0) is 10.1. The Labute approximate surface area is 79.7 Å². The van der Waals surface area contributed by atoms with Crippen molar-refractivity contribution in [2.75, 3.05) is 27.2 Å². The van der Waals surface area contributed by atoms with Crippen LogP contribution >= 0.6 is 0 Å². The van der Waals surface area contributed by atoms with E-state index in [0.717, 1.165) is 12.8 Å². The minimum atomic E-state index is -3.25. The molecule has 1 saturated heterocycles. The van der Waals surface area contributed by atoms with Gasteiger partial charge in [-0.1, -0.05) is 0 Å². The van der Waals surface area contributed by atoms with E-state index in [1.165, 1.54) is 8.61 Å². The summed E-state index contributed by atoms with van der Waals surface area (Å²) in [5.74, 6) is 0. The molecule has 13 heavy (non-hydrogen) atoms. The number of nitrogens with two attached hydrogens (primary N) is 1. The molecule has 1 atom stereocenters. The number of hydrogen-bond acceptors (Lipinski definition) is 3. The van der Waals surface area contributed by atoms with E-state index in [1.54, 1.807) is 14.1 Å². The predicted molar refractivity (Wildman–Crippen MR) is 51.4 cm³/mol. The third-order valence-electron chi connectivity index (χ3n) is 2.35. The molecular formula is C7H17N3O2S. The maximum atomic E-state index is 11.7. The van der Waals surface area contributed by atoms with Crippen molar-refractivity contribution in [3.05, 3.63) is 0 Å².